The van der Waals surface area contributed by atoms with Crippen LogP contribution in [0.2, 0.25) is 0 Å². The predicted molar refractivity (Wildman–Crippen MR) is 167 cm³/mol. The van der Waals surface area contributed by atoms with Crippen LogP contribution in [0, 0.1) is 27.7 Å². The molecular weight excluding hydrogens is 510 g/mol. The van der Waals surface area contributed by atoms with E-state index in [1.807, 2.05) is 39.8 Å². The maximum absolute atomic E-state index is 12.1. The van der Waals surface area contributed by atoms with Gasteiger partial charge in [-0.2, -0.15) is 0 Å². The van der Waals surface area contributed by atoms with Crippen molar-refractivity contribution >= 4 is 35.8 Å². The van der Waals surface area contributed by atoms with Crippen LogP contribution >= 0.6 is 0 Å². The van der Waals surface area contributed by atoms with Crippen LogP contribution in [0.15, 0.2) is 55.9 Å². The molecule has 0 aliphatic carbocycles. The highest BCUT2D eigenvalue weighted by molar-refractivity contribution is 6.22. The molecule has 0 fully saturated rings. The van der Waals surface area contributed by atoms with Gasteiger partial charge in [-0.3, -0.25) is 14.6 Å². The summed E-state index contributed by atoms with van der Waals surface area (Å²) in [4.78, 5) is 36.4. The van der Waals surface area contributed by atoms with Crippen molar-refractivity contribution in [3.05, 3.63) is 95.2 Å². The smallest absolute Gasteiger partial charge is 0.251 e. The van der Waals surface area contributed by atoms with E-state index in [0.717, 1.165) is 72.6 Å². The van der Waals surface area contributed by atoms with Gasteiger partial charge in [0.25, 0.3) is 11.8 Å². The van der Waals surface area contributed by atoms with Crippen molar-refractivity contribution in [2.75, 3.05) is 0 Å². The summed E-state index contributed by atoms with van der Waals surface area (Å²) in [5, 5.41) is 8.00. The molecule has 41 heavy (non-hydrogen) atoms. The van der Waals surface area contributed by atoms with Gasteiger partial charge >= 0.3 is 0 Å². The van der Waals surface area contributed by atoms with Crippen molar-refractivity contribution in [1.29, 1.82) is 0 Å². The molecule has 212 valence electrons. The van der Waals surface area contributed by atoms with Crippen molar-refractivity contribution in [2.24, 2.45) is 4.99 Å². The van der Waals surface area contributed by atoms with E-state index in [1.54, 1.807) is 0 Å². The van der Waals surface area contributed by atoms with E-state index in [4.69, 9.17) is 4.99 Å². The largest absolute Gasteiger partial charge is 0.355 e. The van der Waals surface area contributed by atoms with Crippen LogP contribution in [-0.4, -0.2) is 33.5 Å². The lowest BCUT2D eigenvalue weighted by Gasteiger charge is -2.07. The van der Waals surface area contributed by atoms with E-state index in [-0.39, 0.29) is 17.9 Å². The normalized spacial score (nSPS) is 22.4. The molecule has 2 amide bonds. The molecule has 4 N–H and O–H groups in total. The molecule has 0 saturated heterocycles. The first kappa shape index (κ1) is 28.1. The van der Waals surface area contributed by atoms with Gasteiger partial charge in [-0.15, -0.1) is 0 Å². The average molecular weight is 550 g/mol. The third-order valence-corrected chi connectivity index (χ3v) is 9.27. The van der Waals surface area contributed by atoms with Gasteiger partial charge < -0.3 is 20.6 Å². The lowest BCUT2D eigenvalue weighted by molar-refractivity contribution is -0.117. The Morgan fingerprint density at radius 1 is 0.561 bits per heavy atom. The van der Waals surface area contributed by atoms with E-state index >= 15 is 0 Å². The van der Waals surface area contributed by atoms with E-state index in [9.17, 15) is 9.59 Å². The molecule has 0 radical (unpaired) electrons. The number of allylic oxidation sites excluding steroid dienone is 3. The quantitative estimate of drug-likeness (QED) is 0.451. The molecule has 1 atom stereocenters. The highest BCUT2D eigenvalue weighted by atomic mass is 16.2. The molecule has 0 bridgehead atoms. The van der Waals surface area contributed by atoms with Crippen molar-refractivity contribution < 1.29 is 9.59 Å². The van der Waals surface area contributed by atoms with E-state index in [1.165, 1.54) is 22.3 Å². The molecule has 2 aromatic rings. The van der Waals surface area contributed by atoms with Crippen LogP contribution < -0.4 is 21.3 Å². The minimum atomic E-state index is -0.108. The van der Waals surface area contributed by atoms with Gasteiger partial charge in [-0.25, -0.2) is 0 Å². The van der Waals surface area contributed by atoms with Gasteiger partial charge in [0.2, 0.25) is 0 Å². The number of rotatable bonds is 4. The topological polar surface area (TPSA) is 102 Å². The second-order valence-electron chi connectivity index (χ2n) is 11.5. The number of amides is 2. The first-order chi connectivity index (χ1) is 19.3. The van der Waals surface area contributed by atoms with Gasteiger partial charge in [-0.1, -0.05) is 0 Å². The van der Waals surface area contributed by atoms with Crippen molar-refractivity contribution in [3.63, 3.8) is 0 Å². The Balaban J connectivity index is 1.51. The van der Waals surface area contributed by atoms with Crippen LogP contribution in [0.4, 0.5) is 0 Å². The molecule has 0 saturated carbocycles. The Morgan fingerprint density at radius 2 is 1.07 bits per heavy atom. The number of aliphatic imine (C=N–C) groups is 1. The van der Waals surface area contributed by atoms with Crippen LogP contribution in [0.5, 0.6) is 0 Å². The average Bonchev–Trinajstić information content (AvgIpc) is 3.61. The Hall–Kier alpha value is -4.39. The molecular formula is C34H39N5O2. The van der Waals surface area contributed by atoms with Crippen LogP contribution in [-0.2, 0) is 9.59 Å². The van der Waals surface area contributed by atoms with Crippen molar-refractivity contribution in [2.45, 2.75) is 75.3 Å². The van der Waals surface area contributed by atoms with Gasteiger partial charge in [0.05, 0.1) is 11.8 Å². The molecule has 7 heteroatoms. The van der Waals surface area contributed by atoms with Gasteiger partial charge in [0, 0.05) is 44.6 Å². The lowest BCUT2D eigenvalue weighted by Crippen LogP contribution is -2.17. The Labute approximate surface area is 241 Å². The number of aromatic amines is 2. The molecule has 2 aromatic heterocycles. The number of carbonyl (C=O) groups excluding carboxylic acids is 2. The van der Waals surface area contributed by atoms with E-state index < -0.39 is 0 Å². The molecule has 7 nitrogen and oxygen atoms in total. The molecule has 3 aliphatic heterocycles. The minimum absolute atomic E-state index is 0.0363. The highest BCUT2D eigenvalue weighted by Crippen LogP contribution is 2.28. The van der Waals surface area contributed by atoms with Crippen molar-refractivity contribution in [3.8, 4) is 0 Å². The maximum Gasteiger partial charge on any atom is 0.251 e. The first-order valence-corrected chi connectivity index (χ1v) is 14.0. The molecule has 0 aromatic carbocycles. The number of nitrogens with zero attached hydrogens (tertiary/aromatic N) is 1. The first-order valence-electron chi connectivity index (χ1n) is 14.0. The summed E-state index contributed by atoms with van der Waals surface area (Å²) in [7, 11) is 0. The summed E-state index contributed by atoms with van der Waals surface area (Å²) in [5.41, 5.74) is 15.1. The number of carbonyl (C=O) groups is 2. The number of H-pyrrole nitrogens is 2. The monoisotopic (exact) mass is 549 g/mol. The number of hydrogen-bond donors (Lipinski definition) is 4. The Kier molecular flexibility index (Phi) is 7.02. The standard InChI is InChI=1S/C34H39N5O2/c1-15-16(2)26(12-28-18(4)20(6)30(37-28)14-32-22(8)24(10)34(41)39-32)35-25(15)11-27-17(3)19(5)29(36-27)13-31-21(7)23(9)33(40)38-31/h11-14,29,35,37H,1-10H3,(H,38,40)(H,39,41)/b25-11+,26-12+,31-13+,32-14+. The fraction of sp³-hybridized carbons (Fsp3) is 0.324. The molecule has 5 rings (SSSR count). The number of hydrogen-bond acceptors (Lipinski definition) is 3. The fourth-order valence-electron chi connectivity index (χ4n) is 5.38. The minimum Gasteiger partial charge on any atom is -0.355 e. The third kappa shape index (κ3) is 4.79. The second-order valence-corrected chi connectivity index (χ2v) is 11.5. The summed E-state index contributed by atoms with van der Waals surface area (Å²) in [6.07, 6.45) is 8.35. The van der Waals surface area contributed by atoms with Gasteiger partial charge in [0.1, 0.15) is 0 Å². The Bertz CT molecular complexity index is 1860. The third-order valence-electron chi connectivity index (χ3n) is 9.27. The second kappa shape index (κ2) is 10.2. The molecule has 1 unspecified atom stereocenters. The highest BCUT2D eigenvalue weighted by Gasteiger charge is 2.25. The SMILES string of the molecule is CC1=C(C)/C(=C\c2[nH]c(/C=c3/[nH]/c(=C/C4=NC(/C=C5/NC(=O)C(C)=C5C)C(C)=C4C)c(C)c3C)c(C)c2C)NC1=O. The lowest BCUT2D eigenvalue weighted by atomic mass is 10.0. The molecule has 0 spiro atoms. The summed E-state index contributed by atoms with van der Waals surface area (Å²) in [6.45, 7) is 20.3. The van der Waals surface area contributed by atoms with E-state index in [2.05, 4.69) is 74.3 Å². The van der Waals surface area contributed by atoms with E-state index in [0.29, 0.717) is 0 Å². The molecule has 3 aliphatic rings. The zero-order chi connectivity index (χ0) is 29.9. The van der Waals surface area contributed by atoms with Crippen LogP contribution in [0.25, 0.3) is 18.2 Å². The van der Waals surface area contributed by atoms with Gasteiger partial charge in [0.15, 0.2) is 0 Å². The zero-order valence-corrected chi connectivity index (χ0v) is 25.7. The van der Waals surface area contributed by atoms with Gasteiger partial charge in [-0.05, 0) is 138 Å². The summed E-state index contributed by atoms with van der Waals surface area (Å²) >= 11 is 0. The zero-order valence-electron chi connectivity index (χ0n) is 25.7. The molecule has 5 heterocycles. The Morgan fingerprint density at radius 3 is 1.61 bits per heavy atom. The van der Waals surface area contributed by atoms with Crippen LogP contribution in [0.3, 0.4) is 0 Å². The maximum atomic E-state index is 12.1. The predicted octanol–water partition coefficient (Wildman–Crippen LogP) is 4.50. The van der Waals surface area contributed by atoms with Crippen molar-refractivity contribution in [1.82, 2.24) is 20.6 Å². The fourth-order valence-corrected chi connectivity index (χ4v) is 5.38. The van der Waals surface area contributed by atoms with Crippen LogP contribution in [0.1, 0.15) is 75.2 Å². The summed E-state index contributed by atoms with van der Waals surface area (Å²) < 4.78 is 0. The summed E-state index contributed by atoms with van der Waals surface area (Å²) in [6, 6.07) is -0.108. The number of aromatic nitrogens is 2. The summed E-state index contributed by atoms with van der Waals surface area (Å²) in [5.74, 6) is -0.0732. The number of nitrogens with one attached hydrogen (secondary N) is 4.